The van der Waals surface area contributed by atoms with Crippen LogP contribution >= 0.6 is 31.9 Å². The van der Waals surface area contributed by atoms with Gasteiger partial charge >= 0.3 is 0 Å². The number of nitrogens with zero attached hydrogens (tertiary/aromatic N) is 1. The first-order chi connectivity index (χ1) is 10.0. The van der Waals surface area contributed by atoms with Crippen molar-refractivity contribution in [3.63, 3.8) is 0 Å². The predicted molar refractivity (Wildman–Crippen MR) is 88.8 cm³/mol. The van der Waals surface area contributed by atoms with Crippen LogP contribution in [0, 0.1) is 10.1 Å². The highest BCUT2D eigenvalue weighted by atomic mass is 79.9. The van der Waals surface area contributed by atoms with Gasteiger partial charge in [0.1, 0.15) is 5.75 Å². The van der Waals surface area contributed by atoms with Gasteiger partial charge in [-0.25, -0.2) is 0 Å². The SMILES string of the molecule is COc1cc(NCc2ccc(Br)c([N+](=O)[O-])c2)ccc1Br. The van der Waals surface area contributed by atoms with Gasteiger partial charge in [0.2, 0.25) is 0 Å². The highest BCUT2D eigenvalue weighted by Crippen LogP contribution is 2.29. The minimum Gasteiger partial charge on any atom is -0.495 e. The number of rotatable bonds is 5. The van der Waals surface area contributed by atoms with E-state index < -0.39 is 4.92 Å². The van der Waals surface area contributed by atoms with Gasteiger partial charge in [-0.3, -0.25) is 10.1 Å². The molecule has 0 saturated heterocycles. The molecule has 0 aliphatic heterocycles. The molecule has 110 valence electrons. The monoisotopic (exact) mass is 414 g/mol. The predicted octanol–water partition coefficient (Wildman–Crippen LogP) is 4.74. The van der Waals surface area contributed by atoms with Crippen LogP contribution < -0.4 is 10.1 Å². The number of nitrogens with one attached hydrogen (secondary N) is 1. The lowest BCUT2D eigenvalue weighted by atomic mass is 10.2. The zero-order chi connectivity index (χ0) is 15.4. The third-order valence-electron chi connectivity index (χ3n) is 2.85. The van der Waals surface area contributed by atoms with Gasteiger partial charge in [0.15, 0.2) is 0 Å². The Morgan fingerprint density at radius 2 is 1.90 bits per heavy atom. The van der Waals surface area contributed by atoms with Crippen LogP contribution in [-0.2, 0) is 6.54 Å². The molecule has 0 aliphatic carbocycles. The largest absolute Gasteiger partial charge is 0.495 e. The molecule has 0 heterocycles. The van der Waals surface area contributed by atoms with E-state index >= 15 is 0 Å². The van der Waals surface area contributed by atoms with Crippen LogP contribution in [0.3, 0.4) is 0 Å². The second-order valence-electron chi connectivity index (χ2n) is 4.25. The number of hydrogen-bond acceptors (Lipinski definition) is 4. The highest BCUT2D eigenvalue weighted by Gasteiger charge is 2.12. The first-order valence-corrected chi connectivity index (χ1v) is 7.60. The molecule has 0 aromatic heterocycles. The standard InChI is InChI=1S/C14H12Br2N2O3/c1-21-14-7-10(3-5-12(14)16)17-8-9-2-4-11(15)13(6-9)18(19)20/h2-7,17H,8H2,1H3. The van der Waals surface area contributed by atoms with Gasteiger partial charge in [-0.2, -0.15) is 0 Å². The Labute approximate surface area is 138 Å². The maximum absolute atomic E-state index is 10.9. The summed E-state index contributed by atoms with van der Waals surface area (Å²) >= 11 is 6.56. The molecule has 1 N–H and O–H groups in total. The van der Waals surface area contributed by atoms with E-state index in [0.717, 1.165) is 21.5 Å². The van der Waals surface area contributed by atoms with E-state index in [-0.39, 0.29) is 5.69 Å². The zero-order valence-corrected chi connectivity index (χ0v) is 14.3. The molecule has 0 spiro atoms. The number of methoxy groups -OCH3 is 1. The van der Waals surface area contributed by atoms with E-state index in [0.29, 0.717) is 11.0 Å². The van der Waals surface area contributed by atoms with Crippen LogP contribution in [0.5, 0.6) is 5.75 Å². The van der Waals surface area contributed by atoms with Crippen molar-refractivity contribution < 1.29 is 9.66 Å². The summed E-state index contributed by atoms with van der Waals surface area (Å²) in [7, 11) is 1.60. The molecule has 0 radical (unpaired) electrons. The number of nitro benzene ring substituents is 1. The Hall–Kier alpha value is -1.60. The molecule has 2 aromatic rings. The van der Waals surface area contributed by atoms with Gasteiger partial charge in [-0.1, -0.05) is 6.07 Å². The Bertz CT molecular complexity index is 677. The Kier molecular flexibility index (Phi) is 5.19. The zero-order valence-electron chi connectivity index (χ0n) is 11.1. The first kappa shape index (κ1) is 15.8. The van der Waals surface area contributed by atoms with Crippen molar-refractivity contribution in [2.24, 2.45) is 0 Å². The Morgan fingerprint density at radius 3 is 2.57 bits per heavy atom. The summed E-state index contributed by atoms with van der Waals surface area (Å²) in [6, 6.07) is 10.7. The lowest BCUT2D eigenvalue weighted by Crippen LogP contribution is -2.01. The summed E-state index contributed by atoms with van der Waals surface area (Å²) in [5.74, 6) is 0.724. The maximum Gasteiger partial charge on any atom is 0.283 e. The molecule has 0 atom stereocenters. The van der Waals surface area contributed by atoms with Crippen molar-refractivity contribution >= 4 is 43.2 Å². The maximum atomic E-state index is 10.9. The number of anilines is 1. The molecule has 0 unspecified atom stereocenters. The van der Waals surface area contributed by atoms with Gasteiger partial charge < -0.3 is 10.1 Å². The van der Waals surface area contributed by atoms with E-state index in [2.05, 4.69) is 37.2 Å². The Morgan fingerprint density at radius 1 is 1.19 bits per heavy atom. The van der Waals surface area contributed by atoms with Crippen LogP contribution in [0.1, 0.15) is 5.56 Å². The molecule has 2 rings (SSSR count). The fourth-order valence-corrected chi connectivity index (χ4v) is 2.58. The van der Waals surface area contributed by atoms with Gasteiger partial charge in [0, 0.05) is 24.4 Å². The summed E-state index contributed by atoms with van der Waals surface area (Å²) in [5, 5.41) is 14.1. The molecule has 5 nitrogen and oxygen atoms in total. The minimum atomic E-state index is -0.407. The van der Waals surface area contributed by atoms with E-state index in [1.165, 1.54) is 0 Å². The topological polar surface area (TPSA) is 64.4 Å². The smallest absolute Gasteiger partial charge is 0.283 e. The molecule has 0 fully saturated rings. The van der Waals surface area contributed by atoms with E-state index in [1.54, 1.807) is 19.2 Å². The van der Waals surface area contributed by atoms with Crippen molar-refractivity contribution in [1.82, 2.24) is 0 Å². The number of halogens is 2. The van der Waals surface area contributed by atoms with Gasteiger partial charge in [0.05, 0.1) is 21.0 Å². The van der Waals surface area contributed by atoms with E-state index in [1.807, 2.05) is 24.3 Å². The van der Waals surface area contributed by atoms with Crippen molar-refractivity contribution in [2.75, 3.05) is 12.4 Å². The van der Waals surface area contributed by atoms with E-state index in [4.69, 9.17) is 4.74 Å². The third-order valence-corrected chi connectivity index (χ3v) is 4.18. The number of ether oxygens (including phenoxy) is 1. The fourth-order valence-electron chi connectivity index (χ4n) is 1.78. The molecule has 21 heavy (non-hydrogen) atoms. The van der Waals surface area contributed by atoms with Crippen LogP contribution in [0.25, 0.3) is 0 Å². The van der Waals surface area contributed by atoms with Gasteiger partial charge in [-0.05, 0) is 55.6 Å². The van der Waals surface area contributed by atoms with Crippen molar-refractivity contribution in [1.29, 1.82) is 0 Å². The average Bonchev–Trinajstić information content (AvgIpc) is 2.47. The van der Waals surface area contributed by atoms with Crippen LogP contribution in [0.15, 0.2) is 45.3 Å². The third kappa shape index (κ3) is 3.95. The number of nitro groups is 1. The quantitative estimate of drug-likeness (QED) is 0.565. The summed E-state index contributed by atoms with van der Waals surface area (Å²) < 4.78 is 6.57. The number of benzene rings is 2. The van der Waals surface area contributed by atoms with Crippen molar-refractivity contribution in [3.8, 4) is 5.75 Å². The molecular formula is C14H12Br2N2O3. The summed E-state index contributed by atoms with van der Waals surface area (Å²) in [4.78, 5) is 10.5. The first-order valence-electron chi connectivity index (χ1n) is 6.01. The van der Waals surface area contributed by atoms with Gasteiger partial charge in [0.25, 0.3) is 5.69 Å². The summed E-state index contributed by atoms with van der Waals surface area (Å²) in [5.41, 5.74) is 1.76. The summed E-state index contributed by atoms with van der Waals surface area (Å²) in [6.45, 7) is 0.485. The fraction of sp³-hybridized carbons (Fsp3) is 0.143. The molecule has 0 bridgehead atoms. The average molecular weight is 416 g/mol. The lowest BCUT2D eigenvalue weighted by molar-refractivity contribution is -0.385. The van der Waals surface area contributed by atoms with Crippen LogP contribution in [0.4, 0.5) is 11.4 Å². The second-order valence-corrected chi connectivity index (χ2v) is 5.95. The highest BCUT2D eigenvalue weighted by molar-refractivity contribution is 9.11. The molecule has 0 saturated carbocycles. The molecule has 2 aromatic carbocycles. The second kappa shape index (κ2) is 6.91. The molecule has 7 heteroatoms. The lowest BCUT2D eigenvalue weighted by Gasteiger charge is -2.09. The molecular weight excluding hydrogens is 404 g/mol. The number of hydrogen-bond donors (Lipinski definition) is 1. The van der Waals surface area contributed by atoms with Crippen molar-refractivity contribution in [3.05, 3.63) is 61.0 Å². The molecule has 0 aliphatic rings. The summed E-state index contributed by atoms with van der Waals surface area (Å²) in [6.07, 6.45) is 0. The van der Waals surface area contributed by atoms with Crippen molar-refractivity contribution in [2.45, 2.75) is 6.54 Å². The van der Waals surface area contributed by atoms with Gasteiger partial charge in [-0.15, -0.1) is 0 Å². The van der Waals surface area contributed by atoms with E-state index in [9.17, 15) is 10.1 Å². The molecule has 0 amide bonds. The van der Waals surface area contributed by atoms with Crippen LogP contribution in [0.2, 0.25) is 0 Å². The minimum absolute atomic E-state index is 0.0580. The van der Waals surface area contributed by atoms with Crippen LogP contribution in [-0.4, -0.2) is 12.0 Å². The normalized spacial score (nSPS) is 10.2. The Balaban J connectivity index is 2.13.